The van der Waals surface area contributed by atoms with E-state index in [0.717, 1.165) is 10.7 Å². The summed E-state index contributed by atoms with van der Waals surface area (Å²) in [6.45, 7) is 3.82. The number of aryl methyl sites for hydroxylation is 1. The molecular formula is C14H17N3O2S. The van der Waals surface area contributed by atoms with Crippen molar-refractivity contribution in [3.8, 4) is 5.75 Å². The van der Waals surface area contributed by atoms with Gasteiger partial charge in [0.15, 0.2) is 0 Å². The van der Waals surface area contributed by atoms with Crippen LogP contribution in [0.25, 0.3) is 0 Å². The normalized spacial score (nSPS) is 11.9. The van der Waals surface area contributed by atoms with E-state index < -0.39 is 0 Å². The highest BCUT2D eigenvalue weighted by atomic mass is 32.1. The number of para-hydroxylation sites is 1. The van der Waals surface area contributed by atoms with Gasteiger partial charge in [-0.3, -0.25) is 4.79 Å². The lowest BCUT2D eigenvalue weighted by atomic mass is 10.1. The van der Waals surface area contributed by atoms with Crippen molar-refractivity contribution in [2.75, 3.05) is 12.8 Å². The highest BCUT2D eigenvalue weighted by Gasteiger charge is 2.17. The number of methoxy groups -OCH3 is 1. The minimum atomic E-state index is -0.234. The third-order valence-electron chi connectivity index (χ3n) is 2.89. The minimum absolute atomic E-state index is 0.160. The van der Waals surface area contributed by atoms with Crippen molar-refractivity contribution < 1.29 is 9.53 Å². The van der Waals surface area contributed by atoms with E-state index in [1.165, 1.54) is 18.4 Å². The van der Waals surface area contributed by atoms with E-state index in [1.807, 2.05) is 19.2 Å². The van der Waals surface area contributed by atoms with Gasteiger partial charge in [-0.2, -0.15) is 0 Å². The van der Waals surface area contributed by atoms with Gasteiger partial charge in [-0.05, 0) is 26.0 Å². The summed E-state index contributed by atoms with van der Waals surface area (Å²) in [5.74, 6) is 0.261. The Balaban J connectivity index is 2.16. The van der Waals surface area contributed by atoms with Crippen LogP contribution in [-0.2, 0) is 0 Å². The topological polar surface area (TPSA) is 77.2 Å². The molecule has 2 rings (SSSR count). The lowest BCUT2D eigenvalue weighted by Gasteiger charge is -2.14. The van der Waals surface area contributed by atoms with Crippen molar-refractivity contribution in [1.82, 2.24) is 10.3 Å². The van der Waals surface area contributed by atoms with Crippen LogP contribution in [0.2, 0.25) is 0 Å². The fourth-order valence-corrected chi connectivity index (χ4v) is 2.63. The molecule has 1 unspecified atom stereocenters. The van der Waals surface area contributed by atoms with Crippen LogP contribution in [0.3, 0.4) is 0 Å². The van der Waals surface area contributed by atoms with Gasteiger partial charge in [0.05, 0.1) is 24.4 Å². The maximum Gasteiger partial charge on any atom is 0.254 e. The van der Waals surface area contributed by atoms with Crippen LogP contribution >= 0.6 is 11.3 Å². The van der Waals surface area contributed by atoms with Crippen molar-refractivity contribution in [2.45, 2.75) is 19.9 Å². The Kier molecular flexibility index (Phi) is 4.24. The fourth-order valence-electron chi connectivity index (χ4n) is 1.83. The number of rotatable bonds is 4. The van der Waals surface area contributed by atoms with Crippen LogP contribution in [-0.4, -0.2) is 18.0 Å². The predicted molar refractivity (Wildman–Crippen MR) is 80.1 cm³/mol. The average molecular weight is 291 g/mol. The van der Waals surface area contributed by atoms with Gasteiger partial charge in [-0.15, -0.1) is 11.3 Å². The lowest BCUT2D eigenvalue weighted by Crippen LogP contribution is -2.27. The smallest absolute Gasteiger partial charge is 0.254 e. The van der Waals surface area contributed by atoms with Gasteiger partial charge in [0.2, 0.25) is 0 Å². The number of hydrogen-bond donors (Lipinski definition) is 2. The summed E-state index contributed by atoms with van der Waals surface area (Å²) in [4.78, 5) is 16.6. The number of nitrogens with zero attached hydrogens (tertiary/aromatic N) is 1. The molecule has 0 radical (unpaired) electrons. The Bertz CT molecular complexity index is 625. The third kappa shape index (κ3) is 2.91. The summed E-state index contributed by atoms with van der Waals surface area (Å²) < 4.78 is 5.11. The van der Waals surface area contributed by atoms with Crippen molar-refractivity contribution in [3.05, 3.63) is 39.8 Å². The molecule has 3 N–H and O–H groups in total. The van der Waals surface area contributed by atoms with Gasteiger partial charge in [0, 0.05) is 11.1 Å². The van der Waals surface area contributed by atoms with E-state index in [0.29, 0.717) is 17.0 Å². The number of amides is 1. The van der Waals surface area contributed by atoms with Gasteiger partial charge in [-0.25, -0.2) is 4.98 Å². The monoisotopic (exact) mass is 291 g/mol. The van der Waals surface area contributed by atoms with Crippen molar-refractivity contribution in [3.63, 3.8) is 0 Å². The molecule has 0 aliphatic rings. The molecule has 106 valence electrons. The Morgan fingerprint density at radius 1 is 1.50 bits per heavy atom. The van der Waals surface area contributed by atoms with Crippen LogP contribution in [0.15, 0.2) is 23.6 Å². The summed E-state index contributed by atoms with van der Waals surface area (Å²) in [5.41, 5.74) is 7.61. The van der Waals surface area contributed by atoms with E-state index in [2.05, 4.69) is 10.3 Å². The standard InChI is InChI=1S/C14H17N3O2S/c1-8-7-20-14(16-8)9(2)17-13(18)10-5-4-6-11(19-3)12(10)15/h4-7,9H,15H2,1-3H3,(H,17,18). The fraction of sp³-hybridized carbons (Fsp3) is 0.286. The second-order valence-corrected chi connectivity index (χ2v) is 5.33. The van der Waals surface area contributed by atoms with Gasteiger partial charge < -0.3 is 15.8 Å². The second kappa shape index (κ2) is 5.92. The van der Waals surface area contributed by atoms with Crippen LogP contribution in [0, 0.1) is 6.92 Å². The maximum atomic E-state index is 12.3. The van der Waals surface area contributed by atoms with E-state index in [1.54, 1.807) is 18.2 Å². The minimum Gasteiger partial charge on any atom is -0.495 e. The molecule has 6 heteroatoms. The zero-order valence-electron chi connectivity index (χ0n) is 11.6. The van der Waals surface area contributed by atoms with Gasteiger partial charge in [-0.1, -0.05) is 6.07 Å². The van der Waals surface area contributed by atoms with E-state index >= 15 is 0 Å². The largest absolute Gasteiger partial charge is 0.495 e. The number of thiazole rings is 1. The van der Waals surface area contributed by atoms with E-state index in [4.69, 9.17) is 10.5 Å². The third-order valence-corrected chi connectivity index (χ3v) is 4.03. The van der Waals surface area contributed by atoms with E-state index in [-0.39, 0.29) is 11.9 Å². The molecule has 1 aromatic carbocycles. The molecule has 1 amide bonds. The quantitative estimate of drug-likeness (QED) is 0.849. The molecular weight excluding hydrogens is 274 g/mol. The number of hydrogen-bond acceptors (Lipinski definition) is 5. The first-order chi connectivity index (χ1) is 9.52. The number of carbonyl (C=O) groups excluding carboxylic acids is 1. The Hall–Kier alpha value is -2.08. The first-order valence-corrected chi connectivity index (χ1v) is 7.06. The Morgan fingerprint density at radius 2 is 2.25 bits per heavy atom. The number of nitrogens with two attached hydrogens (primary N) is 1. The molecule has 0 bridgehead atoms. The molecule has 5 nitrogen and oxygen atoms in total. The number of benzene rings is 1. The van der Waals surface area contributed by atoms with Crippen LogP contribution in [0.5, 0.6) is 5.75 Å². The molecule has 0 saturated heterocycles. The second-order valence-electron chi connectivity index (χ2n) is 4.44. The summed E-state index contributed by atoms with van der Waals surface area (Å²) in [6, 6.07) is 4.97. The number of ether oxygens (including phenoxy) is 1. The molecule has 0 fully saturated rings. The molecule has 1 atom stereocenters. The molecule has 1 heterocycles. The van der Waals surface area contributed by atoms with Crippen LogP contribution < -0.4 is 15.8 Å². The van der Waals surface area contributed by atoms with Gasteiger partial charge in [0.25, 0.3) is 5.91 Å². The summed E-state index contributed by atoms with van der Waals surface area (Å²) in [7, 11) is 1.52. The molecule has 0 aliphatic carbocycles. The SMILES string of the molecule is COc1cccc(C(=O)NC(C)c2nc(C)cs2)c1N. The number of aromatic nitrogens is 1. The Labute approximate surface area is 121 Å². The van der Waals surface area contributed by atoms with Crippen molar-refractivity contribution in [1.29, 1.82) is 0 Å². The highest BCUT2D eigenvalue weighted by molar-refractivity contribution is 7.09. The summed E-state index contributed by atoms with van der Waals surface area (Å²) >= 11 is 1.52. The predicted octanol–water partition coefficient (Wildman–Crippen LogP) is 2.53. The zero-order valence-corrected chi connectivity index (χ0v) is 12.5. The first-order valence-electron chi connectivity index (χ1n) is 6.18. The molecule has 0 aliphatic heterocycles. The molecule has 0 spiro atoms. The summed E-state index contributed by atoms with van der Waals surface area (Å²) in [6.07, 6.45) is 0. The Morgan fingerprint density at radius 3 is 2.85 bits per heavy atom. The number of carbonyl (C=O) groups is 1. The zero-order chi connectivity index (χ0) is 14.7. The molecule has 0 saturated carbocycles. The molecule has 2 aromatic rings. The van der Waals surface area contributed by atoms with Gasteiger partial charge in [0.1, 0.15) is 10.8 Å². The van der Waals surface area contributed by atoms with Crippen molar-refractivity contribution in [2.24, 2.45) is 0 Å². The highest BCUT2D eigenvalue weighted by Crippen LogP contribution is 2.25. The van der Waals surface area contributed by atoms with Crippen molar-refractivity contribution >= 4 is 22.9 Å². The lowest BCUT2D eigenvalue weighted by molar-refractivity contribution is 0.0940. The molecule has 20 heavy (non-hydrogen) atoms. The first kappa shape index (κ1) is 14.3. The average Bonchev–Trinajstić information content (AvgIpc) is 2.85. The summed E-state index contributed by atoms with van der Waals surface area (Å²) in [5, 5.41) is 5.72. The number of nitrogen functional groups attached to an aromatic ring is 1. The van der Waals surface area contributed by atoms with Crippen LogP contribution in [0.4, 0.5) is 5.69 Å². The molecule has 1 aromatic heterocycles. The number of anilines is 1. The van der Waals surface area contributed by atoms with E-state index in [9.17, 15) is 4.79 Å². The van der Waals surface area contributed by atoms with Crippen LogP contribution in [0.1, 0.15) is 34.0 Å². The van der Waals surface area contributed by atoms with Gasteiger partial charge >= 0.3 is 0 Å². The number of nitrogens with one attached hydrogen (secondary N) is 1. The maximum absolute atomic E-state index is 12.3.